The van der Waals surface area contributed by atoms with Crippen LogP contribution in [0.3, 0.4) is 0 Å². The third-order valence-electron chi connectivity index (χ3n) is 2.77. The molecule has 1 aromatic heterocycles. The summed E-state index contributed by atoms with van der Waals surface area (Å²) in [6, 6.07) is 7.33. The molecule has 0 aliphatic heterocycles. The van der Waals surface area contributed by atoms with Crippen LogP contribution in [0.25, 0.3) is 10.9 Å². The molecule has 2 aromatic rings. The van der Waals surface area contributed by atoms with Gasteiger partial charge < -0.3 is 10.2 Å². The molecule has 0 saturated carbocycles. The van der Waals surface area contributed by atoms with Crippen molar-refractivity contribution in [2.45, 2.75) is 0 Å². The molecule has 0 unspecified atom stereocenters. The number of amides is 1. The molecular formula is C14H16ClN3O. The fourth-order valence-electron chi connectivity index (χ4n) is 1.74. The zero-order valence-electron chi connectivity index (χ0n) is 11.0. The SMILES string of the molecule is CN(C)CCNC(=O)c1cnc2c(Cl)cccc2c1. The third-order valence-corrected chi connectivity index (χ3v) is 3.07. The number of halogens is 1. The van der Waals surface area contributed by atoms with Crippen molar-refractivity contribution in [2.24, 2.45) is 0 Å². The maximum atomic E-state index is 12.0. The Morgan fingerprint density at radius 1 is 1.42 bits per heavy atom. The van der Waals surface area contributed by atoms with Crippen molar-refractivity contribution in [3.8, 4) is 0 Å². The van der Waals surface area contributed by atoms with Crippen LogP contribution in [0.15, 0.2) is 30.5 Å². The van der Waals surface area contributed by atoms with Crippen LogP contribution < -0.4 is 5.32 Å². The highest BCUT2D eigenvalue weighted by atomic mass is 35.5. The quantitative estimate of drug-likeness (QED) is 0.932. The van der Waals surface area contributed by atoms with E-state index in [1.165, 1.54) is 0 Å². The molecule has 1 N–H and O–H groups in total. The van der Waals surface area contributed by atoms with E-state index in [9.17, 15) is 4.79 Å². The molecule has 0 spiro atoms. The first-order chi connectivity index (χ1) is 9.08. The minimum atomic E-state index is -0.115. The van der Waals surface area contributed by atoms with E-state index < -0.39 is 0 Å². The average molecular weight is 278 g/mol. The minimum Gasteiger partial charge on any atom is -0.351 e. The Bertz CT molecular complexity index is 598. The predicted molar refractivity (Wildman–Crippen MR) is 77.6 cm³/mol. The van der Waals surface area contributed by atoms with Crippen LogP contribution in [0, 0.1) is 0 Å². The van der Waals surface area contributed by atoms with Gasteiger partial charge in [-0.3, -0.25) is 9.78 Å². The molecule has 19 heavy (non-hydrogen) atoms. The van der Waals surface area contributed by atoms with Crippen molar-refractivity contribution in [3.05, 3.63) is 41.0 Å². The van der Waals surface area contributed by atoms with Crippen molar-refractivity contribution in [3.63, 3.8) is 0 Å². The van der Waals surface area contributed by atoms with E-state index in [0.717, 1.165) is 11.9 Å². The van der Waals surface area contributed by atoms with Gasteiger partial charge in [0.1, 0.15) is 0 Å². The summed E-state index contributed by atoms with van der Waals surface area (Å²) in [4.78, 5) is 18.2. The molecule has 100 valence electrons. The first-order valence-corrected chi connectivity index (χ1v) is 6.43. The van der Waals surface area contributed by atoms with Gasteiger partial charge in [-0.15, -0.1) is 0 Å². The Hall–Kier alpha value is -1.65. The molecule has 1 heterocycles. The van der Waals surface area contributed by atoms with Crippen LogP contribution in [0.4, 0.5) is 0 Å². The second kappa shape index (κ2) is 5.99. The summed E-state index contributed by atoms with van der Waals surface area (Å²) in [7, 11) is 3.93. The number of nitrogens with zero attached hydrogens (tertiary/aromatic N) is 2. The average Bonchev–Trinajstić information content (AvgIpc) is 2.38. The third kappa shape index (κ3) is 3.43. The maximum Gasteiger partial charge on any atom is 0.252 e. The van der Waals surface area contributed by atoms with E-state index in [-0.39, 0.29) is 5.91 Å². The lowest BCUT2D eigenvalue weighted by molar-refractivity contribution is 0.0951. The van der Waals surface area contributed by atoms with Gasteiger partial charge >= 0.3 is 0 Å². The lowest BCUT2D eigenvalue weighted by atomic mass is 10.1. The van der Waals surface area contributed by atoms with Crippen LogP contribution in [0.1, 0.15) is 10.4 Å². The van der Waals surface area contributed by atoms with Gasteiger partial charge in [0.05, 0.1) is 16.1 Å². The first-order valence-electron chi connectivity index (χ1n) is 6.05. The van der Waals surface area contributed by atoms with Crippen LogP contribution in [-0.2, 0) is 0 Å². The molecule has 0 saturated heterocycles. The van der Waals surface area contributed by atoms with Gasteiger partial charge in [-0.1, -0.05) is 23.7 Å². The van der Waals surface area contributed by atoms with E-state index in [2.05, 4.69) is 10.3 Å². The van der Waals surface area contributed by atoms with Crippen molar-refractivity contribution >= 4 is 28.4 Å². The standard InChI is InChI=1S/C14H16ClN3O/c1-18(2)7-6-16-14(19)11-8-10-4-3-5-12(15)13(10)17-9-11/h3-5,8-9H,6-7H2,1-2H3,(H,16,19). The molecule has 1 amide bonds. The molecule has 0 aliphatic carbocycles. The molecule has 0 atom stereocenters. The smallest absolute Gasteiger partial charge is 0.252 e. The Kier molecular flexibility index (Phi) is 4.35. The fourth-order valence-corrected chi connectivity index (χ4v) is 1.97. The van der Waals surface area contributed by atoms with Crippen LogP contribution >= 0.6 is 11.6 Å². The fraction of sp³-hybridized carbons (Fsp3) is 0.286. The van der Waals surface area contributed by atoms with E-state index in [1.807, 2.05) is 31.1 Å². The largest absolute Gasteiger partial charge is 0.351 e. The molecule has 0 fully saturated rings. The maximum absolute atomic E-state index is 12.0. The number of hydrogen-bond acceptors (Lipinski definition) is 3. The van der Waals surface area contributed by atoms with Crippen molar-refractivity contribution in [1.29, 1.82) is 0 Å². The Labute approximate surface area is 117 Å². The molecule has 4 nitrogen and oxygen atoms in total. The number of rotatable bonds is 4. The van der Waals surface area contributed by atoms with E-state index in [4.69, 9.17) is 11.6 Å². The number of nitrogens with one attached hydrogen (secondary N) is 1. The number of aromatic nitrogens is 1. The van der Waals surface area contributed by atoms with Crippen molar-refractivity contribution in [2.75, 3.05) is 27.2 Å². The summed E-state index contributed by atoms with van der Waals surface area (Å²) >= 11 is 6.04. The number of benzene rings is 1. The van der Waals surface area contributed by atoms with Crippen molar-refractivity contribution in [1.82, 2.24) is 15.2 Å². The van der Waals surface area contributed by atoms with E-state index in [0.29, 0.717) is 22.6 Å². The van der Waals surface area contributed by atoms with Crippen LogP contribution in [-0.4, -0.2) is 43.0 Å². The lowest BCUT2D eigenvalue weighted by Crippen LogP contribution is -2.31. The summed E-state index contributed by atoms with van der Waals surface area (Å²) in [6.07, 6.45) is 1.55. The summed E-state index contributed by atoms with van der Waals surface area (Å²) in [6.45, 7) is 1.41. The van der Waals surface area contributed by atoms with Gasteiger partial charge in [-0.05, 0) is 26.2 Å². The topological polar surface area (TPSA) is 45.2 Å². The summed E-state index contributed by atoms with van der Waals surface area (Å²) in [5.41, 5.74) is 1.27. The predicted octanol–water partition coefficient (Wildman–Crippen LogP) is 2.18. The summed E-state index contributed by atoms with van der Waals surface area (Å²) in [5, 5.41) is 4.32. The molecule has 5 heteroatoms. The zero-order valence-corrected chi connectivity index (χ0v) is 11.7. The number of likely N-dealkylation sites (N-methyl/N-ethyl adjacent to an activating group) is 1. The normalized spacial score (nSPS) is 10.9. The molecule has 0 radical (unpaired) electrons. The van der Waals surface area contributed by atoms with Gasteiger partial charge in [0.25, 0.3) is 5.91 Å². The van der Waals surface area contributed by atoms with Gasteiger partial charge in [0.15, 0.2) is 0 Å². The molecular weight excluding hydrogens is 262 g/mol. The molecule has 1 aromatic carbocycles. The zero-order chi connectivity index (χ0) is 13.8. The number of fused-ring (bicyclic) bond motifs is 1. The van der Waals surface area contributed by atoms with E-state index >= 15 is 0 Å². The molecule has 0 bridgehead atoms. The Morgan fingerprint density at radius 2 is 2.21 bits per heavy atom. The van der Waals surface area contributed by atoms with Gasteiger partial charge in [-0.2, -0.15) is 0 Å². The molecule has 2 rings (SSSR count). The van der Waals surface area contributed by atoms with Crippen LogP contribution in [0.5, 0.6) is 0 Å². The number of carbonyl (C=O) groups is 1. The van der Waals surface area contributed by atoms with E-state index in [1.54, 1.807) is 18.3 Å². The second-order valence-electron chi connectivity index (χ2n) is 4.59. The number of carbonyl (C=O) groups excluding carboxylic acids is 1. The molecule has 0 aliphatic rings. The minimum absolute atomic E-state index is 0.115. The Balaban J connectivity index is 2.15. The number of para-hydroxylation sites is 1. The highest BCUT2D eigenvalue weighted by Gasteiger charge is 2.08. The second-order valence-corrected chi connectivity index (χ2v) is 5.00. The highest BCUT2D eigenvalue weighted by Crippen LogP contribution is 2.21. The summed E-state index contributed by atoms with van der Waals surface area (Å²) < 4.78 is 0. The van der Waals surface area contributed by atoms with Gasteiger partial charge in [0.2, 0.25) is 0 Å². The Morgan fingerprint density at radius 3 is 2.95 bits per heavy atom. The van der Waals surface area contributed by atoms with Crippen LogP contribution in [0.2, 0.25) is 5.02 Å². The summed E-state index contributed by atoms with van der Waals surface area (Å²) in [5.74, 6) is -0.115. The monoisotopic (exact) mass is 277 g/mol. The van der Waals surface area contributed by atoms with Gasteiger partial charge in [0, 0.05) is 24.7 Å². The van der Waals surface area contributed by atoms with Gasteiger partial charge in [-0.25, -0.2) is 0 Å². The van der Waals surface area contributed by atoms with Crippen molar-refractivity contribution < 1.29 is 4.79 Å². The lowest BCUT2D eigenvalue weighted by Gasteiger charge is -2.10. The number of pyridine rings is 1. The highest BCUT2D eigenvalue weighted by molar-refractivity contribution is 6.35. The number of hydrogen-bond donors (Lipinski definition) is 1. The first kappa shape index (κ1) is 13.8.